The maximum atomic E-state index is 14.7. The van der Waals surface area contributed by atoms with E-state index in [0.717, 1.165) is 36.8 Å². The van der Waals surface area contributed by atoms with Crippen molar-refractivity contribution < 1.29 is 18.7 Å². The van der Waals surface area contributed by atoms with Crippen LogP contribution in [-0.4, -0.2) is 29.8 Å². The van der Waals surface area contributed by atoms with E-state index in [-0.39, 0.29) is 23.8 Å². The summed E-state index contributed by atoms with van der Waals surface area (Å²) in [5, 5.41) is 0. The number of hydrogen-bond donors (Lipinski definition) is 0. The molecule has 0 N–H and O–H groups in total. The molecular formula is C35H54FNO3. The first kappa shape index (κ1) is 37.4. The van der Waals surface area contributed by atoms with E-state index < -0.39 is 5.60 Å². The van der Waals surface area contributed by atoms with Crippen molar-refractivity contribution in [3.63, 3.8) is 0 Å². The summed E-state index contributed by atoms with van der Waals surface area (Å²) in [5.74, 6) is -0.0878. The Morgan fingerprint density at radius 1 is 1.23 bits per heavy atom. The van der Waals surface area contributed by atoms with Crippen LogP contribution in [-0.2, 0) is 20.9 Å². The smallest absolute Gasteiger partial charge is 0.164 e. The molecule has 0 saturated heterocycles. The fraction of sp³-hybridized carbons (Fsp3) is 0.543. The molecule has 0 radical (unpaired) electrons. The predicted molar refractivity (Wildman–Crippen MR) is 171 cm³/mol. The number of unbranched alkanes of at least 4 members (excludes halogenated alkanes) is 1. The maximum absolute atomic E-state index is 14.7. The third-order valence-corrected chi connectivity index (χ3v) is 6.44. The summed E-state index contributed by atoms with van der Waals surface area (Å²) < 4.78 is 27.0. The van der Waals surface area contributed by atoms with Crippen LogP contribution in [0.3, 0.4) is 0 Å². The van der Waals surface area contributed by atoms with E-state index in [1.54, 1.807) is 25.4 Å². The molecule has 1 aliphatic carbocycles. The van der Waals surface area contributed by atoms with Crippen molar-refractivity contribution in [3.05, 3.63) is 72.0 Å². The monoisotopic (exact) mass is 555 g/mol. The van der Waals surface area contributed by atoms with Crippen LogP contribution in [0.25, 0.3) is 11.9 Å². The Labute approximate surface area is 244 Å². The van der Waals surface area contributed by atoms with Gasteiger partial charge in [-0.1, -0.05) is 103 Å². The van der Waals surface area contributed by atoms with Crippen molar-refractivity contribution in [2.45, 2.75) is 125 Å². The standard InChI is InChI=1S/C27H39FO3.C6H9N.C2H6/c1-6-10-13-20(5)31-27(25(29)9-4)17-23(18-27)30-19-22-16-12-15-21(14-11-7-2)26(22)24(28)8-3;1-3-5-7-6-4-2;1-2/h8,11-12,14-16,20,23H,6-7,9-10,13,17-19H2,1-5H3;3-6H,1H2,2H3;1-2H3/b14-11+,24-8+;6-4-,7-5?;. The van der Waals surface area contributed by atoms with Crippen molar-refractivity contribution >= 4 is 23.9 Å². The third kappa shape index (κ3) is 12.7. The Morgan fingerprint density at radius 3 is 2.48 bits per heavy atom. The number of ketones is 1. The topological polar surface area (TPSA) is 47.9 Å². The molecule has 1 aromatic carbocycles. The second kappa shape index (κ2) is 22.1. The molecule has 1 aliphatic rings. The van der Waals surface area contributed by atoms with Crippen molar-refractivity contribution in [3.8, 4) is 0 Å². The summed E-state index contributed by atoms with van der Waals surface area (Å²) in [6, 6.07) is 5.77. The molecule has 1 saturated carbocycles. The average Bonchev–Trinajstić information content (AvgIpc) is 2.96. The molecule has 0 bridgehead atoms. The zero-order valence-corrected chi connectivity index (χ0v) is 26.3. The minimum atomic E-state index is -0.713. The van der Waals surface area contributed by atoms with Gasteiger partial charge < -0.3 is 9.47 Å². The molecule has 0 aliphatic heterocycles. The van der Waals surface area contributed by atoms with Crippen LogP contribution < -0.4 is 0 Å². The number of hydrogen-bond acceptors (Lipinski definition) is 4. The van der Waals surface area contributed by atoms with Gasteiger partial charge in [-0.2, -0.15) is 0 Å². The highest BCUT2D eigenvalue weighted by Gasteiger charge is 2.51. The number of aliphatic imine (C=N–C) groups is 1. The van der Waals surface area contributed by atoms with Crippen molar-refractivity contribution in [1.29, 1.82) is 0 Å². The van der Waals surface area contributed by atoms with Crippen LogP contribution in [0, 0.1) is 0 Å². The van der Waals surface area contributed by atoms with E-state index in [0.29, 0.717) is 31.4 Å². The molecule has 2 rings (SSSR count). The quantitative estimate of drug-likeness (QED) is 0.202. The number of carbonyl (C=O) groups excluding carboxylic acids is 1. The van der Waals surface area contributed by atoms with E-state index in [2.05, 4.69) is 32.3 Å². The van der Waals surface area contributed by atoms with E-state index in [9.17, 15) is 9.18 Å². The van der Waals surface area contributed by atoms with Gasteiger partial charge in [0, 0.05) is 37.2 Å². The molecule has 1 atom stereocenters. The molecule has 1 fully saturated rings. The Kier molecular flexibility index (Phi) is 20.7. The first-order valence-electron chi connectivity index (χ1n) is 15.0. The van der Waals surface area contributed by atoms with Gasteiger partial charge in [-0.3, -0.25) is 9.79 Å². The van der Waals surface area contributed by atoms with Gasteiger partial charge >= 0.3 is 0 Å². The van der Waals surface area contributed by atoms with Gasteiger partial charge in [0.1, 0.15) is 11.4 Å². The molecule has 0 amide bonds. The zero-order valence-electron chi connectivity index (χ0n) is 26.3. The summed E-state index contributed by atoms with van der Waals surface area (Å²) in [5.41, 5.74) is 1.56. The zero-order chi connectivity index (χ0) is 30.4. The van der Waals surface area contributed by atoms with E-state index in [1.807, 2.05) is 64.1 Å². The van der Waals surface area contributed by atoms with Gasteiger partial charge in [0.05, 0.1) is 18.8 Å². The number of rotatable bonds is 15. The molecule has 0 aromatic heterocycles. The lowest BCUT2D eigenvalue weighted by molar-refractivity contribution is -0.200. The van der Waals surface area contributed by atoms with Crippen LogP contribution in [0.2, 0.25) is 0 Å². The molecule has 0 heterocycles. The summed E-state index contributed by atoms with van der Waals surface area (Å²) in [6.07, 6.45) is 18.0. The fourth-order valence-electron chi connectivity index (χ4n) is 4.40. The van der Waals surface area contributed by atoms with E-state index >= 15 is 0 Å². The molecule has 5 heteroatoms. The van der Waals surface area contributed by atoms with Gasteiger partial charge in [0.15, 0.2) is 5.78 Å². The highest BCUT2D eigenvalue weighted by molar-refractivity contribution is 5.88. The summed E-state index contributed by atoms with van der Waals surface area (Å²) in [7, 11) is 0. The number of halogens is 1. The molecule has 1 aromatic rings. The first-order chi connectivity index (χ1) is 19.3. The number of benzene rings is 1. The number of Topliss-reactive ketones (excluding diaryl/α,β-unsaturated/α-hetero) is 1. The number of carbonyl (C=O) groups is 1. The van der Waals surface area contributed by atoms with Gasteiger partial charge in [-0.05, 0) is 44.7 Å². The Balaban J connectivity index is 0.00000147. The minimum Gasteiger partial charge on any atom is -0.373 e. The minimum absolute atomic E-state index is 0.0507. The Bertz CT molecular complexity index is 971. The summed E-state index contributed by atoms with van der Waals surface area (Å²) in [4.78, 5) is 16.4. The van der Waals surface area contributed by atoms with E-state index in [4.69, 9.17) is 9.47 Å². The lowest BCUT2D eigenvalue weighted by Crippen LogP contribution is -2.57. The molecule has 4 nitrogen and oxygen atoms in total. The second-order valence-corrected chi connectivity index (χ2v) is 9.53. The molecule has 224 valence electrons. The fourth-order valence-corrected chi connectivity index (χ4v) is 4.40. The SMILES string of the molecule is C/C=C(/F)c1c(/C=C/CC)cccc1COC1CC(OC(C)CCCC)(C(=O)CC)C1.C=CC=N/C=C\C.CC. The Morgan fingerprint density at radius 2 is 1.93 bits per heavy atom. The normalized spacial score (nSPS) is 19.5. The van der Waals surface area contributed by atoms with Crippen molar-refractivity contribution in [2.75, 3.05) is 0 Å². The van der Waals surface area contributed by atoms with Gasteiger partial charge in [0.2, 0.25) is 0 Å². The van der Waals surface area contributed by atoms with Crippen LogP contribution >= 0.6 is 0 Å². The molecule has 1 unspecified atom stereocenters. The highest BCUT2D eigenvalue weighted by atomic mass is 19.1. The average molecular weight is 556 g/mol. The van der Waals surface area contributed by atoms with Crippen LogP contribution in [0.4, 0.5) is 4.39 Å². The number of allylic oxidation sites excluding steroid dienone is 4. The molecule has 0 spiro atoms. The Hall–Kier alpha value is -2.63. The highest BCUT2D eigenvalue weighted by Crippen LogP contribution is 2.41. The summed E-state index contributed by atoms with van der Waals surface area (Å²) >= 11 is 0. The number of ether oxygens (including phenoxy) is 2. The van der Waals surface area contributed by atoms with Gasteiger partial charge in [-0.25, -0.2) is 4.39 Å². The van der Waals surface area contributed by atoms with Crippen LogP contribution in [0.15, 0.2) is 60.3 Å². The van der Waals surface area contributed by atoms with E-state index in [1.165, 1.54) is 6.08 Å². The van der Waals surface area contributed by atoms with Crippen molar-refractivity contribution in [1.82, 2.24) is 0 Å². The molecular weight excluding hydrogens is 501 g/mol. The largest absolute Gasteiger partial charge is 0.373 e. The van der Waals surface area contributed by atoms with Crippen LogP contribution in [0.1, 0.15) is 117 Å². The third-order valence-electron chi connectivity index (χ3n) is 6.44. The van der Waals surface area contributed by atoms with Gasteiger partial charge in [0.25, 0.3) is 0 Å². The summed E-state index contributed by atoms with van der Waals surface area (Å²) in [6.45, 7) is 19.5. The lowest BCUT2D eigenvalue weighted by atomic mass is 9.73. The predicted octanol–water partition coefficient (Wildman–Crippen LogP) is 10.2. The number of nitrogens with zero attached hydrogens (tertiary/aromatic N) is 1. The second-order valence-electron chi connectivity index (χ2n) is 9.53. The first-order valence-corrected chi connectivity index (χ1v) is 15.0. The van der Waals surface area contributed by atoms with Crippen LogP contribution in [0.5, 0.6) is 0 Å². The van der Waals surface area contributed by atoms with Gasteiger partial charge in [-0.15, -0.1) is 0 Å². The van der Waals surface area contributed by atoms with Crippen molar-refractivity contribution in [2.24, 2.45) is 4.99 Å². The molecule has 40 heavy (non-hydrogen) atoms. The maximum Gasteiger partial charge on any atom is 0.164 e. The lowest BCUT2D eigenvalue weighted by Gasteiger charge is -2.47.